The van der Waals surface area contributed by atoms with Gasteiger partial charge in [0.25, 0.3) is 0 Å². The van der Waals surface area contributed by atoms with Crippen LogP contribution < -0.4 is 14.8 Å². The number of nitrogens with zero attached hydrogens (tertiary/aromatic N) is 1. The summed E-state index contributed by atoms with van der Waals surface area (Å²) >= 11 is 0. The van der Waals surface area contributed by atoms with E-state index in [-0.39, 0.29) is 18.2 Å². The van der Waals surface area contributed by atoms with Crippen molar-refractivity contribution < 1.29 is 18.7 Å². The zero-order valence-corrected chi connectivity index (χ0v) is 17.6. The number of ether oxygens (including phenoxy) is 2. The van der Waals surface area contributed by atoms with Crippen molar-refractivity contribution in [2.45, 2.75) is 27.3 Å². The van der Waals surface area contributed by atoms with E-state index in [1.54, 1.807) is 18.2 Å². The van der Waals surface area contributed by atoms with Crippen molar-refractivity contribution in [2.24, 2.45) is 5.92 Å². The fourth-order valence-electron chi connectivity index (χ4n) is 3.28. The molecule has 0 aliphatic carbocycles. The van der Waals surface area contributed by atoms with Crippen LogP contribution in [0.3, 0.4) is 0 Å². The Bertz CT molecular complexity index is 1030. The number of aromatic nitrogens is 1. The molecular weight excluding hydrogens is 392 g/mol. The van der Waals surface area contributed by atoms with E-state index in [0.29, 0.717) is 54.1 Å². The molecule has 0 bridgehead atoms. The van der Waals surface area contributed by atoms with Crippen LogP contribution in [0.2, 0.25) is 0 Å². The second-order valence-electron chi connectivity index (χ2n) is 7.43. The predicted molar refractivity (Wildman–Crippen MR) is 113 cm³/mol. The summed E-state index contributed by atoms with van der Waals surface area (Å²) in [5, 5.41) is 4.34. The van der Waals surface area contributed by atoms with Gasteiger partial charge in [-0.2, -0.15) is 0 Å². The first kappa shape index (κ1) is 21.1. The van der Waals surface area contributed by atoms with Crippen LogP contribution in [0, 0.1) is 12.8 Å². The maximum absolute atomic E-state index is 13.0. The van der Waals surface area contributed by atoms with Crippen molar-refractivity contribution in [1.29, 1.82) is 0 Å². The van der Waals surface area contributed by atoms with Crippen molar-refractivity contribution >= 4 is 29.2 Å². The Morgan fingerprint density at radius 3 is 2.69 bits per heavy atom. The average molecular weight is 417 g/mol. The minimum atomic E-state index is -0.186. The van der Waals surface area contributed by atoms with Crippen molar-refractivity contribution in [2.75, 3.05) is 19.8 Å². The van der Waals surface area contributed by atoms with E-state index in [0.717, 1.165) is 23.2 Å². The molecule has 0 unspecified atom stereocenters. The summed E-state index contributed by atoms with van der Waals surface area (Å²) < 4.78 is 17.0. The molecule has 0 fully saturated rings. The van der Waals surface area contributed by atoms with Gasteiger partial charge in [-0.1, -0.05) is 13.8 Å². The lowest BCUT2D eigenvalue weighted by atomic mass is 10.1. The van der Waals surface area contributed by atoms with E-state index in [1.807, 2.05) is 19.2 Å². The largest absolute Gasteiger partial charge is 0.486 e. The lowest BCUT2D eigenvalue weighted by molar-refractivity contribution is 0.101. The highest BCUT2D eigenvalue weighted by Gasteiger charge is 2.20. The summed E-state index contributed by atoms with van der Waals surface area (Å²) in [4.78, 5) is 17.4. The SMILES string of the molecule is Cc1ncc(CNCC(C)C)c2cc(C(=O)c3ccc4c(c3)OCCO4)oc12.Cl. The monoisotopic (exact) mass is 416 g/mol. The molecule has 6 nitrogen and oxygen atoms in total. The van der Waals surface area contributed by atoms with Crippen LogP contribution in [-0.4, -0.2) is 30.5 Å². The van der Waals surface area contributed by atoms with Gasteiger partial charge in [-0.25, -0.2) is 0 Å². The highest BCUT2D eigenvalue weighted by Crippen LogP contribution is 2.32. The quantitative estimate of drug-likeness (QED) is 0.604. The summed E-state index contributed by atoms with van der Waals surface area (Å²) in [6.45, 7) is 8.80. The lowest BCUT2D eigenvalue weighted by Crippen LogP contribution is -2.19. The predicted octanol–water partition coefficient (Wildman–Crippen LogP) is 4.31. The number of hydrogen-bond acceptors (Lipinski definition) is 6. The lowest BCUT2D eigenvalue weighted by Gasteiger charge is -2.18. The molecular formula is C22H25ClN2O4. The Morgan fingerprint density at radius 1 is 1.17 bits per heavy atom. The molecule has 3 heterocycles. The topological polar surface area (TPSA) is 73.6 Å². The number of nitrogens with one attached hydrogen (secondary N) is 1. The first-order chi connectivity index (χ1) is 13.5. The van der Waals surface area contributed by atoms with Gasteiger partial charge in [-0.3, -0.25) is 9.78 Å². The Hall–Kier alpha value is -2.57. The van der Waals surface area contributed by atoms with Crippen molar-refractivity contribution in [1.82, 2.24) is 10.3 Å². The van der Waals surface area contributed by atoms with E-state index in [1.165, 1.54) is 0 Å². The molecule has 7 heteroatoms. The average Bonchev–Trinajstić information content (AvgIpc) is 3.15. The van der Waals surface area contributed by atoms with E-state index < -0.39 is 0 Å². The van der Waals surface area contributed by atoms with Crippen LogP contribution in [0.5, 0.6) is 11.5 Å². The molecule has 0 spiro atoms. The molecule has 2 aromatic heterocycles. The van der Waals surface area contributed by atoms with Crippen LogP contribution in [0.4, 0.5) is 0 Å². The molecule has 29 heavy (non-hydrogen) atoms. The number of rotatable bonds is 6. The number of pyridine rings is 1. The van der Waals surface area contributed by atoms with E-state index >= 15 is 0 Å². The maximum atomic E-state index is 13.0. The van der Waals surface area contributed by atoms with Gasteiger partial charge in [0.05, 0.1) is 5.69 Å². The molecule has 1 aliphatic heterocycles. The number of ketones is 1. The third-order valence-electron chi connectivity index (χ3n) is 4.72. The van der Waals surface area contributed by atoms with Crippen molar-refractivity contribution in [3.8, 4) is 11.5 Å². The molecule has 0 radical (unpaired) electrons. The zero-order valence-electron chi connectivity index (χ0n) is 16.8. The number of benzene rings is 1. The zero-order chi connectivity index (χ0) is 19.7. The van der Waals surface area contributed by atoms with Crippen LogP contribution in [0.15, 0.2) is 34.9 Å². The second-order valence-corrected chi connectivity index (χ2v) is 7.43. The number of hydrogen-bond donors (Lipinski definition) is 1. The van der Waals surface area contributed by atoms with Gasteiger partial charge in [0, 0.05) is 23.7 Å². The van der Waals surface area contributed by atoms with Gasteiger partial charge in [0.1, 0.15) is 13.2 Å². The summed E-state index contributed by atoms with van der Waals surface area (Å²) in [5.41, 5.74) is 2.95. The molecule has 0 amide bonds. The summed E-state index contributed by atoms with van der Waals surface area (Å²) in [5.74, 6) is 1.92. The summed E-state index contributed by atoms with van der Waals surface area (Å²) in [7, 11) is 0. The maximum Gasteiger partial charge on any atom is 0.228 e. The fourth-order valence-corrected chi connectivity index (χ4v) is 3.28. The third-order valence-corrected chi connectivity index (χ3v) is 4.72. The van der Waals surface area contributed by atoms with Crippen LogP contribution >= 0.6 is 12.4 Å². The number of carbonyl (C=O) groups excluding carboxylic acids is 1. The number of furan rings is 1. The van der Waals surface area contributed by atoms with Gasteiger partial charge in [-0.15, -0.1) is 12.4 Å². The van der Waals surface area contributed by atoms with Gasteiger partial charge in [0.15, 0.2) is 22.8 Å². The Balaban J connectivity index is 0.00000240. The minimum absolute atomic E-state index is 0. The first-order valence-electron chi connectivity index (χ1n) is 9.56. The van der Waals surface area contributed by atoms with Gasteiger partial charge in [-0.05, 0) is 49.2 Å². The summed E-state index contributed by atoms with van der Waals surface area (Å²) in [6, 6.07) is 7.02. The Morgan fingerprint density at radius 2 is 1.93 bits per heavy atom. The molecule has 0 saturated heterocycles. The number of halogens is 1. The molecule has 1 aromatic carbocycles. The Kier molecular flexibility index (Phi) is 6.45. The second kappa shape index (κ2) is 8.84. The third kappa shape index (κ3) is 4.38. The van der Waals surface area contributed by atoms with Crippen molar-refractivity contribution in [3.05, 3.63) is 53.0 Å². The van der Waals surface area contributed by atoms with Crippen LogP contribution in [0.1, 0.15) is 41.2 Å². The molecule has 0 saturated carbocycles. The van der Waals surface area contributed by atoms with Gasteiger partial charge >= 0.3 is 0 Å². The molecule has 3 aromatic rings. The molecule has 0 atom stereocenters. The van der Waals surface area contributed by atoms with Gasteiger partial charge < -0.3 is 19.2 Å². The molecule has 4 rings (SSSR count). The molecule has 1 N–H and O–H groups in total. The minimum Gasteiger partial charge on any atom is -0.486 e. The standard InChI is InChI=1S/C22H24N2O4.ClH/c1-13(2)10-23-11-16-12-24-14(3)22-17(16)9-20(28-22)21(25)15-4-5-18-19(8-15)27-7-6-26-18;/h4-5,8-9,12-13,23H,6-7,10-11H2,1-3H3;1H. The molecule has 1 aliphatic rings. The summed E-state index contributed by atoms with van der Waals surface area (Å²) in [6.07, 6.45) is 1.85. The normalized spacial score (nSPS) is 12.8. The van der Waals surface area contributed by atoms with Crippen molar-refractivity contribution in [3.63, 3.8) is 0 Å². The highest BCUT2D eigenvalue weighted by atomic mass is 35.5. The Labute approximate surface area is 176 Å². The first-order valence-corrected chi connectivity index (χ1v) is 9.56. The number of fused-ring (bicyclic) bond motifs is 2. The number of carbonyl (C=O) groups is 1. The van der Waals surface area contributed by atoms with Crippen LogP contribution in [0.25, 0.3) is 11.0 Å². The van der Waals surface area contributed by atoms with E-state index in [4.69, 9.17) is 13.9 Å². The number of aryl methyl sites for hydroxylation is 1. The van der Waals surface area contributed by atoms with E-state index in [9.17, 15) is 4.79 Å². The van der Waals surface area contributed by atoms with Crippen LogP contribution in [-0.2, 0) is 6.54 Å². The highest BCUT2D eigenvalue weighted by molar-refractivity contribution is 6.09. The molecule has 154 valence electrons. The fraction of sp³-hybridized carbons (Fsp3) is 0.364. The smallest absolute Gasteiger partial charge is 0.228 e. The van der Waals surface area contributed by atoms with E-state index in [2.05, 4.69) is 24.1 Å². The van der Waals surface area contributed by atoms with Gasteiger partial charge in [0.2, 0.25) is 5.78 Å².